The molecule has 1 fully saturated rings. The van der Waals surface area contributed by atoms with E-state index in [0.717, 1.165) is 0 Å². The Bertz CT molecular complexity index is 922. The van der Waals surface area contributed by atoms with E-state index in [-0.39, 0.29) is 17.9 Å². The number of nitrogens with one attached hydrogen (secondary N) is 1. The molecule has 9 heteroatoms. The van der Waals surface area contributed by atoms with Gasteiger partial charge in [0.05, 0.1) is 35.2 Å². The highest BCUT2D eigenvalue weighted by molar-refractivity contribution is 5.78. The minimum atomic E-state index is -0.818. The van der Waals surface area contributed by atoms with Crippen molar-refractivity contribution in [2.45, 2.75) is 24.9 Å². The molecule has 4 rings (SSSR count). The van der Waals surface area contributed by atoms with E-state index in [2.05, 4.69) is 20.6 Å². The number of aromatic nitrogens is 5. The molecule has 2 aromatic heterocycles. The van der Waals surface area contributed by atoms with Crippen LogP contribution in [-0.2, 0) is 11.8 Å². The maximum absolute atomic E-state index is 13.5. The number of nitrogens with zero attached hydrogens (tertiary/aromatic N) is 5. The summed E-state index contributed by atoms with van der Waals surface area (Å²) in [7, 11) is 1.80. The van der Waals surface area contributed by atoms with Gasteiger partial charge >= 0.3 is 5.97 Å². The number of fused-ring (bicyclic) bond motifs is 1. The Morgan fingerprint density at radius 3 is 2.96 bits per heavy atom. The maximum atomic E-state index is 13.5. The van der Waals surface area contributed by atoms with Crippen LogP contribution in [0.15, 0.2) is 30.6 Å². The SMILES string of the molecule is Cn1c(N[C@@H]2CC(C(=O)O)C[C@@H]2n2ccnn2)nc2ccc(F)cc21. The highest BCUT2D eigenvalue weighted by atomic mass is 19.1. The summed E-state index contributed by atoms with van der Waals surface area (Å²) < 4.78 is 16.9. The van der Waals surface area contributed by atoms with Crippen LogP contribution in [0, 0.1) is 11.7 Å². The van der Waals surface area contributed by atoms with Gasteiger partial charge in [0.1, 0.15) is 5.82 Å². The van der Waals surface area contributed by atoms with Gasteiger partial charge < -0.3 is 15.0 Å². The molecular weight excluding hydrogens is 327 g/mol. The first-order valence-electron chi connectivity index (χ1n) is 8.00. The lowest BCUT2D eigenvalue weighted by molar-refractivity contribution is -0.141. The zero-order chi connectivity index (χ0) is 17.6. The van der Waals surface area contributed by atoms with Gasteiger partial charge in [0.2, 0.25) is 5.95 Å². The maximum Gasteiger partial charge on any atom is 0.306 e. The molecule has 0 amide bonds. The third kappa shape index (κ3) is 2.71. The van der Waals surface area contributed by atoms with Crippen molar-refractivity contribution in [3.05, 3.63) is 36.4 Å². The smallest absolute Gasteiger partial charge is 0.306 e. The van der Waals surface area contributed by atoms with Gasteiger partial charge in [-0.1, -0.05) is 5.21 Å². The average molecular weight is 344 g/mol. The Hall–Kier alpha value is -2.97. The summed E-state index contributed by atoms with van der Waals surface area (Å²) in [5.41, 5.74) is 1.35. The van der Waals surface area contributed by atoms with Crippen molar-refractivity contribution in [3.63, 3.8) is 0 Å². The largest absolute Gasteiger partial charge is 0.481 e. The number of carboxylic acid groups (broad SMARTS) is 1. The molecule has 0 bridgehead atoms. The lowest BCUT2D eigenvalue weighted by atomic mass is 10.1. The topological polar surface area (TPSA) is 97.9 Å². The van der Waals surface area contributed by atoms with Gasteiger partial charge in [-0.2, -0.15) is 0 Å². The highest BCUT2D eigenvalue weighted by Gasteiger charge is 2.40. The molecule has 8 nitrogen and oxygen atoms in total. The minimum absolute atomic E-state index is 0.139. The molecule has 2 N–H and O–H groups in total. The Balaban J connectivity index is 1.66. The van der Waals surface area contributed by atoms with Gasteiger partial charge in [-0.15, -0.1) is 5.10 Å². The van der Waals surface area contributed by atoms with E-state index in [1.54, 1.807) is 34.8 Å². The lowest BCUT2D eigenvalue weighted by Gasteiger charge is -2.21. The monoisotopic (exact) mass is 344 g/mol. The molecule has 130 valence electrons. The van der Waals surface area contributed by atoms with Crippen LogP contribution in [0.25, 0.3) is 11.0 Å². The van der Waals surface area contributed by atoms with Gasteiger partial charge in [0.25, 0.3) is 0 Å². The first kappa shape index (κ1) is 15.6. The third-order valence-electron chi connectivity index (χ3n) is 4.82. The molecule has 0 spiro atoms. The Morgan fingerprint density at radius 1 is 1.40 bits per heavy atom. The first-order valence-corrected chi connectivity index (χ1v) is 8.00. The van der Waals surface area contributed by atoms with Crippen LogP contribution in [0.4, 0.5) is 10.3 Å². The Morgan fingerprint density at radius 2 is 2.24 bits per heavy atom. The average Bonchev–Trinajstić information content (AvgIpc) is 3.28. The summed E-state index contributed by atoms with van der Waals surface area (Å²) in [6.07, 6.45) is 4.23. The number of rotatable bonds is 4. The molecule has 3 aromatic rings. The van der Waals surface area contributed by atoms with Crippen molar-refractivity contribution in [2.75, 3.05) is 5.32 Å². The summed E-state index contributed by atoms with van der Waals surface area (Å²) in [5.74, 6) is -1.03. The quantitative estimate of drug-likeness (QED) is 0.749. The number of imidazole rings is 1. The normalized spacial score (nSPS) is 23.2. The second-order valence-corrected chi connectivity index (χ2v) is 6.34. The fraction of sp³-hybridized carbons (Fsp3) is 0.375. The van der Waals surface area contributed by atoms with Gasteiger partial charge in [0, 0.05) is 13.2 Å². The fourth-order valence-electron chi connectivity index (χ4n) is 3.52. The molecule has 0 aliphatic heterocycles. The summed E-state index contributed by atoms with van der Waals surface area (Å²) in [5, 5.41) is 20.5. The van der Waals surface area contributed by atoms with Crippen molar-refractivity contribution in [2.24, 2.45) is 13.0 Å². The molecular formula is C16H17FN6O2. The number of carbonyl (C=O) groups is 1. The molecule has 1 aromatic carbocycles. The fourth-order valence-corrected chi connectivity index (χ4v) is 3.52. The van der Waals surface area contributed by atoms with Crippen molar-refractivity contribution in [1.82, 2.24) is 24.5 Å². The van der Waals surface area contributed by atoms with Crippen LogP contribution >= 0.6 is 0 Å². The number of carboxylic acids is 1. The predicted molar refractivity (Wildman–Crippen MR) is 87.5 cm³/mol. The van der Waals surface area contributed by atoms with Crippen LogP contribution in [0.5, 0.6) is 0 Å². The number of hydrogen-bond acceptors (Lipinski definition) is 5. The predicted octanol–water partition coefficient (Wildman–Crippen LogP) is 1.82. The molecule has 25 heavy (non-hydrogen) atoms. The van der Waals surface area contributed by atoms with E-state index in [1.807, 2.05) is 0 Å². The van der Waals surface area contributed by atoms with Gasteiger partial charge in [-0.05, 0) is 31.0 Å². The van der Waals surface area contributed by atoms with E-state index < -0.39 is 11.9 Å². The van der Waals surface area contributed by atoms with E-state index in [9.17, 15) is 14.3 Å². The van der Waals surface area contributed by atoms with Gasteiger partial charge in [0.15, 0.2) is 0 Å². The molecule has 1 aliphatic rings. The van der Waals surface area contributed by atoms with E-state index >= 15 is 0 Å². The van der Waals surface area contributed by atoms with Gasteiger partial charge in [-0.3, -0.25) is 4.79 Å². The van der Waals surface area contributed by atoms with Crippen molar-refractivity contribution < 1.29 is 14.3 Å². The van der Waals surface area contributed by atoms with Crippen LogP contribution < -0.4 is 5.32 Å². The van der Waals surface area contributed by atoms with Crippen molar-refractivity contribution >= 4 is 23.0 Å². The number of anilines is 1. The van der Waals surface area contributed by atoms with E-state index in [4.69, 9.17) is 0 Å². The summed E-state index contributed by atoms with van der Waals surface area (Å²) >= 11 is 0. The first-order chi connectivity index (χ1) is 12.0. The zero-order valence-corrected chi connectivity index (χ0v) is 13.5. The summed E-state index contributed by atoms with van der Waals surface area (Å²) in [6.45, 7) is 0. The Kier molecular flexibility index (Phi) is 3.63. The molecule has 2 heterocycles. The minimum Gasteiger partial charge on any atom is -0.481 e. The molecule has 1 aliphatic carbocycles. The van der Waals surface area contributed by atoms with Gasteiger partial charge in [-0.25, -0.2) is 14.1 Å². The molecule has 0 saturated heterocycles. The summed E-state index contributed by atoms with van der Waals surface area (Å²) in [4.78, 5) is 15.9. The van der Waals surface area contributed by atoms with E-state index in [1.165, 1.54) is 12.1 Å². The number of halogens is 1. The van der Waals surface area contributed by atoms with Crippen LogP contribution in [0.3, 0.4) is 0 Å². The van der Waals surface area contributed by atoms with Crippen LogP contribution in [0.1, 0.15) is 18.9 Å². The van der Waals surface area contributed by atoms with Crippen molar-refractivity contribution in [3.8, 4) is 0 Å². The molecule has 1 unspecified atom stereocenters. The van der Waals surface area contributed by atoms with Crippen molar-refractivity contribution in [1.29, 1.82) is 0 Å². The number of aryl methyl sites for hydroxylation is 1. The summed E-state index contributed by atoms with van der Waals surface area (Å²) in [6, 6.07) is 4.12. The lowest BCUT2D eigenvalue weighted by Crippen LogP contribution is -2.28. The van der Waals surface area contributed by atoms with Crippen LogP contribution in [0.2, 0.25) is 0 Å². The second-order valence-electron chi connectivity index (χ2n) is 6.34. The number of benzene rings is 1. The van der Waals surface area contributed by atoms with Crippen LogP contribution in [-0.4, -0.2) is 41.7 Å². The molecule has 1 saturated carbocycles. The van der Waals surface area contributed by atoms with E-state index in [0.29, 0.717) is 29.8 Å². The number of aliphatic carboxylic acids is 1. The Labute approximate surface area is 142 Å². The molecule has 3 atom stereocenters. The molecule has 0 radical (unpaired) electrons. The number of hydrogen-bond donors (Lipinski definition) is 2. The second kappa shape index (κ2) is 5.83. The highest BCUT2D eigenvalue weighted by Crippen LogP contribution is 2.36. The standard InChI is InChI=1S/C16H17FN6O2/c1-22-13-8-10(17)2-3-11(13)19-16(22)20-12-6-9(15(24)25)7-14(12)23-5-4-18-21-23/h2-5,8-9,12,14H,6-7H2,1H3,(H,19,20)(H,24,25)/t9?,12-,14+/m1/s1. The third-order valence-corrected chi connectivity index (χ3v) is 4.82. The zero-order valence-electron chi connectivity index (χ0n) is 13.5.